The summed E-state index contributed by atoms with van der Waals surface area (Å²) in [6.07, 6.45) is 0. The maximum atomic E-state index is 12.1. The second-order valence-corrected chi connectivity index (χ2v) is 5.76. The molecule has 0 saturated heterocycles. The molecular weight excluding hydrogens is 374 g/mol. The largest absolute Gasteiger partial charge is 0.465 e. The highest BCUT2D eigenvalue weighted by molar-refractivity contribution is 6.44. The monoisotopic (exact) mass is 389 g/mol. The van der Waals surface area contributed by atoms with Gasteiger partial charge in [0.05, 0.1) is 23.4 Å². The highest BCUT2D eigenvalue weighted by Crippen LogP contribution is 2.23. The molecule has 9 heteroatoms. The predicted octanol–water partition coefficient (Wildman–Crippen LogP) is 2.66. The fourth-order valence-electron chi connectivity index (χ4n) is 2.07. The number of nitrogens with one attached hydrogen (secondary N) is 3. The molecule has 140 valence electrons. The molecule has 27 heavy (non-hydrogen) atoms. The summed E-state index contributed by atoms with van der Waals surface area (Å²) >= 11 is 5.98. The summed E-state index contributed by atoms with van der Waals surface area (Å²) in [6.45, 7) is 1.38. The van der Waals surface area contributed by atoms with Gasteiger partial charge in [0.15, 0.2) is 0 Å². The Balaban J connectivity index is 2.04. The molecule has 2 aromatic carbocycles. The Morgan fingerprint density at radius 1 is 0.852 bits per heavy atom. The van der Waals surface area contributed by atoms with Crippen molar-refractivity contribution in [1.29, 1.82) is 0 Å². The summed E-state index contributed by atoms with van der Waals surface area (Å²) in [5, 5.41) is 7.49. The summed E-state index contributed by atoms with van der Waals surface area (Å²) in [5.74, 6) is -2.73. The molecule has 0 radical (unpaired) electrons. The van der Waals surface area contributed by atoms with Crippen molar-refractivity contribution in [3.8, 4) is 0 Å². The van der Waals surface area contributed by atoms with E-state index in [0.29, 0.717) is 11.4 Å². The Morgan fingerprint density at radius 3 is 1.96 bits per heavy atom. The molecule has 0 aliphatic rings. The zero-order chi connectivity index (χ0) is 20.0. The van der Waals surface area contributed by atoms with Gasteiger partial charge >= 0.3 is 17.8 Å². The number of rotatable bonds is 4. The number of esters is 1. The van der Waals surface area contributed by atoms with Crippen LogP contribution in [0.4, 0.5) is 17.1 Å². The van der Waals surface area contributed by atoms with Crippen LogP contribution < -0.4 is 16.0 Å². The van der Waals surface area contributed by atoms with Gasteiger partial charge in [-0.3, -0.25) is 14.4 Å². The van der Waals surface area contributed by atoms with Crippen LogP contribution in [0.25, 0.3) is 0 Å². The molecule has 8 nitrogen and oxygen atoms in total. The van der Waals surface area contributed by atoms with Crippen LogP contribution in [0.5, 0.6) is 0 Å². The normalized spacial score (nSPS) is 9.89. The molecule has 0 heterocycles. The smallest absolute Gasteiger partial charge is 0.337 e. The maximum Gasteiger partial charge on any atom is 0.337 e. The van der Waals surface area contributed by atoms with Crippen molar-refractivity contribution in [3.63, 3.8) is 0 Å². The number of hydrogen-bond acceptors (Lipinski definition) is 5. The lowest BCUT2D eigenvalue weighted by atomic mass is 10.2. The standard InChI is InChI=1S/C18H16ClN3O5/c1-10(23)20-12-4-6-13(7-5-12)21-16(24)17(25)22-15-9-11(18(26)27-2)3-8-14(15)19/h3-9H,1-2H3,(H,20,23)(H,21,24)(H,22,25). The van der Waals surface area contributed by atoms with Gasteiger partial charge in [0.2, 0.25) is 5.91 Å². The number of hydrogen-bond donors (Lipinski definition) is 3. The third-order valence-electron chi connectivity index (χ3n) is 3.31. The lowest BCUT2D eigenvalue weighted by Gasteiger charge is -2.10. The van der Waals surface area contributed by atoms with E-state index in [-0.39, 0.29) is 22.2 Å². The molecule has 3 amide bonds. The van der Waals surface area contributed by atoms with Crippen molar-refractivity contribution in [3.05, 3.63) is 53.1 Å². The minimum absolute atomic E-state index is 0.0979. The van der Waals surface area contributed by atoms with Gasteiger partial charge in [-0.2, -0.15) is 0 Å². The average Bonchev–Trinajstić information content (AvgIpc) is 2.63. The van der Waals surface area contributed by atoms with Gasteiger partial charge in [0.25, 0.3) is 0 Å². The Hall–Kier alpha value is -3.39. The van der Waals surface area contributed by atoms with Gasteiger partial charge < -0.3 is 20.7 Å². The minimum atomic E-state index is -0.968. The van der Waals surface area contributed by atoms with Crippen molar-refractivity contribution < 1.29 is 23.9 Å². The number of anilines is 3. The van der Waals surface area contributed by atoms with Gasteiger partial charge in [-0.15, -0.1) is 0 Å². The molecule has 0 fully saturated rings. The summed E-state index contributed by atoms with van der Waals surface area (Å²) in [4.78, 5) is 46.6. The third kappa shape index (κ3) is 5.55. The first kappa shape index (κ1) is 19.9. The van der Waals surface area contributed by atoms with Crippen molar-refractivity contribution >= 4 is 52.4 Å². The Labute approximate surface area is 159 Å². The Kier molecular flexibility index (Phi) is 6.51. The lowest BCUT2D eigenvalue weighted by Crippen LogP contribution is -2.29. The SMILES string of the molecule is COC(=O)c1ccc(Cl)c(NC(=O)C(=O)Nc2ccc(NC(C)=O)cc2)c1. The minimum Gasteiger partial charge on any atom is -0.465 e. The van der Waals surface area contributed by atoms with Gasteiger partial charge in [-0.25, -0.2) is 4.79 Å². The molecule has 3 N–H and O–H groups in total. The fraction of sp³-hybridized carbons (Fsp3) is 0.111. The second-order valence-electron chi connectivity index (χ2n) is 5.35. The highest BCUT2D eigenvalue weighted by atomic mass is 35.5. The molecule has 0 aliphatic heterocycles. The first-order chi connectivity index (χ1) is 12.8. The number of carbonyl (C=O) groups is 4. The van der Waals surface area contributed by atoms with Crippen LogP contribution in [0.15, 0.2) is 42.5 Å². The van der Waals surface area contributed by atoms with Crippen LogP contribution in [-0.2, 0) is 19.1 Å². The number of halogens is 1. The zero-order valence-electron chi connectivity index (χ0n) is 14.5. The topological polar surface area (TPSA) is 114 Å². The van der Waals surface area contributed by atoms with E-state index >= 15 is 0 Å². The molecule has 0 spiro atoms. The molecule has 2 aromatic rings. The molecule has 0 atom stereocenters. The van der Waals surface area contributed by atoms with Gasteiger partial charge in [-0.05, 0) is 42.5 Å². The number of carbonyl (C=O) groups excluding carboxylic acids is 4. The molecule has 2 rings (SSSR count). The summed E-state index contributed by atoms with van der Waals surface area (Å²) in [7, 11) is 1.22. The van der Waals surface area contributed by atoms with Crippen LogP contribution in [0.1, 0.15) is 17.3 Å². The predicted molar refractivity (Wildman–Crippen MR) is 101 cm³/mol. The number of methoxy groups -OCH3 is 1. The van der Waals surface area contributed by atoms with Crippen LogP contribution >= 0.6 is 11.6 Å². The average molecular weight is 390 g/mol. The lowest BCUT2D eigenvalue weighted by molar-refractivity contribution is -0.132. The van der Waals surface area contributed by atoms with E-state index in [0.717, 1.165) is 0 Å². The molecule has 0 aliphatic carbocycles. The Bertz CT molecular complexity index is 896. The molecule has 0 saturated carbocycles. The van der Waals surface area contributed by atoms with E-state index in [1.807, 2.05) is 0 Å². The molecular formula is C18H16ClN3O5. The van der Waals surface area contributed by atoms with Gasteiger partial charge in [-0.1, -0.05) is 11.6 Å². The first-order valence-electron chi connectivity index (χ1n) is 7.68. The van der Waals surface area contributed by atoms with Crippen molar-refractivity contribution in [2.75, 3.05) is 23.1 Å². The number of amides is 3. The molecule has 0 bridgehead atoms. The quantitative estimate of drug-likeness (QED) is 0.549. The van der Waals surface area contributed by atoms with Gasteiger partial charge in [0.1, 0.15) is 0 Å². The van der Waals surface area contributed by atoms with Crippen LogP contribution in [0.2, 0.25) is 5.02 Å². The summed E-state index contributed by atoms with van der Waals surface area (Å²) in [5.41, 5.74) is 1.18. The van der Waals surface area contributed by atoms with Crippen LogP contribution in [-0.4, -0.2) is 30.8 Å². The van der Waals surface area contributed by atoms with E-state index in [4.69, 9.17) is 11.6 Å². The van der Waals surface area contributed by atoms with E-state index in [1.54, 1.807) is 12.1 Å². The summed E-state index contributed by atoms with van der Waals surface area (Å²) in [6, 6.07) is 10.4. The van der Waals surface area contributed by atoms with Crippen molar-refractivity contribution in [2.45, 2.75) is 6.92 Å². The zero-order valence-corrected chi connectivity index (χ0v) is 15.2. The highest BCUT2D eigenvalue weighted by Gasteiger charge is 2.17. The van der Waals surface area contributed by atoms with Gasteiger partial charge in [0, 0.05) is 18.3 Å². The van der Waals surface area contributed by atoms with Crippen molar-refractivity contribution in [1.82, 2.24) is 0 Å². The third-order valence-corrected chi connectivity index (χ3v) is 3.63. The molecule has 0 unspecified atom stereocenters. The Morgan fingerprint density at radius 2 is 1.41 bits per heavy atom. The van der Waals surface area contributed by atoms with Crippen LogP contribution in [0, 0.1) is 0 Å². The van der Waals surface area contributed by atoms with Crippen molar-refractivity contribution in [2.24, 2.45) is 0 Å². The number of benzene rings is 2. The van der Waals surface area contributed by atoms with E-state index in [1.165, 1.54) is 44.4 Å². The molecule has 0 aromatic heterocycles. The van der Waals surface area contributed by atoms with E-state index in [9.17, 15) is 19.2 Å². The summed E-state index contributed by atoms with van der Waals surface area (Å²) < 4.78 is 4.60. The van der Waals surface area contributed by atoms with Crippen LogP contribution in [0.3, 0.4) is 0 Å². The van der Waals surface area contributed by atoms with E-state index < -0.39 is 17.8 Å². The van der Waals surface area contributed by atoms with E-state index in [2.05, 4.69) is 20.7 Å². The first-order valence-corrected chi connectivity index (χ1v) is 8.06. The fourth-order valence-corrected chi connectivity index (χ4v) is 2.24. The number of ether oxygens (including phenoxy) is 1. The maximum absolute atomic E-state index is 12.1. The second kappa shape index (κ2) is 8.81.